The van der Waals surface area contributed by atoms with E-state index in [-0.39, 0.29) is 12.3 Å². The number of hydrogen-bond donors (Lipinski definition) is 2. The van der Waals surface area contributed by atoms with E-state index in [2.05, 4.69) is 15.3 Å². The molecule has 0 aliphatic rings. The molecule has 2 N–H and O–H groups in total. The van der Waals surface area contributed by atoms with Gasteiger partial charge in [0.2, 0.25) is 0 Å². The Morgan fingerprint density at radius 3 is 2.67 bits per heavy atom. The van der Waals surface area contributed by atoms with Crippen molar-refractivity contribution in [3.05, 3.63) is 91.1 Å². The summed E-state index contributed by atoms with van der Waals surface area (Å²) in [6.07, 6.45) is 6.52. The predicted molar refractivity (Wildman–Crippen MR) is 148 cm³/mol. The summed E-state index contributed by atoms with van der Waals surface area (Å²) in [6.45, 7) is 1.84. The van der Waals surface area contributed by atoms with Gasteiger partial charge in [-0.25, -0.2) is 13.7 Å². The summed E-state index contributed by atoms with van der Waals surface area (Å²) in [5, 5.41) is 8.10. The number of hydrogen-bond acceptors (Lipinski definition) is 8. The number of nitrogens with one attached hydrogen (secondary N) is 1. The maximum absolute atomic E-state index is 12.0. The summed E-state index contributed by atoms with van der Waals surface area (Å²) in [5.41, 5.74) is 4.32. The van der Waals surface area contributed by atoms with Gasteiger partial charge in [0.25, 0.3) is 11.3 Å². The van der Waals surface area contributed by atoms with Crippen molar-refractivity contribution >= 4 is 34.3 Å². The van der Waals surface area contributed by atoms with E-state index in [0.717, 1.165) is 26.6 Å². The molecule has 11 nitrogen and oxygen atoms in total. The quantitative estimate of drug-likeness (QED) is 0.198. The van der Waals surface area contributed by atoms with Crippen LogP contribution in [0, 0.1) is 0 Å². The van der Waals surface area contributed by atoms with E-state index in [1.807, 2.05) is 60.8 Å². The molecule has 4 aromatic heterocycles. The van der Waals surface area contributed by atoms with Gasteiger partial charge >= 0.3 is 5.97 Å². The highest BCUT2D eigenvalue weighted by Gasteiger charge is 2.20. The van der Waals surface area contributed by atoms with Gasteiger partial charge in [-0.15, -0.1) is 5.10 Å². The fourth-order valence-corrected chi connectivity index (χ4v) is 4.54. The van der Waals surface area contributed by atoms with Crippen LogP contribution in [0.25, 0.3) is 28.0 Å². The molecule has 0 saturated carbocycles. The number of fused-ring (bicyclic) bond motifs is 1. The molecular formula is C27H25N7O4S. The summed E-state index contributed by atoms with van der Waals surface area (Å²) >= 11 is -2.48. The largest absolute Gasteiger partial charge is 0.465 e. The highest BCUT2D eigenvalue weighted by molar-refractivity contribution is 7.80. The van der Waals surface area contributed by atoms with Crippen LogP contribution in [0.2, 0.25) is 0 Å². The number of anilines is 2. The fraction of sp³-hybridized carbons (Fsp3) is 0.148. The minimum Gasteiger partial charge on any atom is -0.465 e. The Labute approximate surface area is 226 Å². The van der Waals surface area contributed by atoms with E-state index in [4.69, 9.17) is 14.8 Å². The molecule has 0 aliphatic carbocycles. The van der Waals surface area contributed by atoms with Gasteiger partial charge < -0.3 is 10.1 Å². The first-order valence-electron chi connectivity index (χ1n) is 12.1. The van der Waals surface area contributed by atoms with Crippen LogP contribution in [0.5, 0.6) is 0 Å². The number of ether oxygens (including phenoxy) is 1. The molecule has 4 heterocycles. The molecule has 0 aliphatic heterocycles. The second kappa shape index (κ2) is 11.8. The lowest BCUT2D eigenvalue weighted by atomic mass is 10.1. The number of rotatable bonds is 10. The zero-order valence-corrected chi connectivity index (χ0v) is 21.8. The lowest BCUT2D eigenvalue weighted by Crippen LogP contribution is -2.32. The average Bonchev–Trinajstić information content (AvgIpc) is 3.40. The zero-order valence-electron chi connectivity index (χ0n) is 21.0. The molecule has 1 atom stereocenters. The Balaban J connectivity index is 1.57. The average molecular weight is 544 g/mol. The Morgan fingerprint density at radius 2 is 1.92 bits per heavy atom. The summed E-state index contributed by atoms with van der Waals surface area (Å²) in [6, 6.07) is 19.2. The summed E-state index contributed by atoms with van der Waals surface area (Å²) in [7, 11) is 0. The van der Waals surface area contributed by atoms with Crippen LogP contribution in [-0.2, 0) is 27.3 Å². The van der Waals surface area contributed by atoms with Gasteiger partial charge in [-0.05, 0) is 36.8 Å². The molecule has 5 rings (SSSR count). The molecule has 1 unspecified atom stereocenters. The first kappa shape index (κ1) is 25.9. The number of esters is 1. The first-order valence-corrected chi connectivity index (χ1v) is 13.2. The Morgan fingerprint density at radius 1 is 1.10 bits per heavy atom. The second-order valence-corrected chi connectivity index (χ2v) is 9.25. The summed E-state index contributed by atoms with van der Waals surface area (Å²) in [4.78, 5) is 25.4. The molecule has 0 bridgehead atoms. The van der Waals surface area contributed by atoms with Crippen LogP contribution in [0.1, 0.15) is 12.6 Å². The predicted octanol–water partition coefficient (Wildman–Crippen LogP) is 3.97. The van der Waals surface area contributed by atoms with E-state index in [0.29, 0.717) is 23.8 Å². The van der Waals surface area contributed by atoms with Gasteiger partial charge in [0, 0.05) is 29.7 Å². The van der Waals surface area contributed by atoms with Crippen molar-refractivity contribution in [2.45, 2.75) is 13.5 Å². The smallest absolute Gasteiger partial charge is 0.326 e. The number of nitrogens with zero attached hydrogens (tertiary/aromatic N) is 6. The number of aromatic nitrogens is 5. The summed E-state index contributed by atoms with van der Waals surface area (Å²) in [5.74, 6) is 0.272. The molecule has 0 fully saturated rings. The van der Waals surface area contributed by atoms with Crippen molar-refractivity contribution in [1.82, 2.24) is 24.6 Å². The third-order valence-electron chi connectivity index (χ3n) is 5.80. The maximum Gasteiger partial charge on any atom is 0.326 e. The van der Waals surface area contributed by atoms with Crippen molar-refractivity contribution in [3.8, 4) is 22.5 Å². The van der Waals surface area contributed by atoms with Gasteiger partial charge in [0.15, 0.2) is 11.6 Å². The normalized spacial score (nSPS) is 11.7. The van der Waals surface area contributed by atoms with Crippen LogP contribution < -0.4 is 9.62 Å². The van der Waals surface area contributed by atoms with E-state index < -0.39 is 23.8 Å². The standard InChI is InChI=1S/C27H25N7O4S/c1-2-38-24(35)18-34(39(36)37)22-14-20(15-28-17-22)26-31-27(30-16-21-10-6-7-12-29-21)25-23(11-13-33(25)32-26)19-8-4-3-5-9-19/h3-15,17H,2,16,18H2,1H3,(H,36,37)(H,30,31,32). The molecule has 1 aromatic carbocycles. The number of pyridine rings is 2. The third-order valence-corrected chi connectivity index (χ3v) is 6.51. The maximum atomic E-state index is 12.0. The molecule has 5 aromatic rings. The fourth-order valence-electron chi connectivity index (χ4n) is 4.04. The van der Waals surface area contributed by atoms with Crippen molar-refractivity contribution in [3.63, 3.8) is 0 Å². The van der Waals surface area contributed by atoms with Crippen molar-refractivity contribution in [2.75, 3.05) is 22.8 Å². The van der Waals surface area contributed by atoms with Crippen LogP contribution in [-0.4, -0.2) is 52.4 Å². The lowest BCUT2D eigenvalue weighted by molar-refractivity contribution is -0.141. The number of benzene rings is 1. The summed E-state index contributed by atoms with van der Waals surface area (Å²) < 4.78 is 29.5. The Kier molecular flexibility index (Phi) is 7.85. The second-order valence-electron chi connectivity index (χ2n) is 8.35. The van der Waals surface area contributed by atoms with Crippen LogP contribution >= 0.6 is 0 Å². The van der Waals surface area contributed by atoms with Crippen molar-refractivity contribution < 1.29 is 18.3 Å². The van der Waals surface area contributed by atoms with Crippen LogP contribution in [0.4, 0.5) is 11.5 Å². The van der Waals surface area contributed by atoms with Crippen LogP contribution in [0.15, 0.2) is 85.5 Å². The highest BCUT2D eigenvalue weighted by atomic mass is 32.2. The molecule has 0 amide bonds. The van der Waals surface area contributed by atoms with Crippen molar-refractivity contribution in [2.24, 2.45) is 0 Å². The van der Waals surface area contributed by atoms with Gasteiger partial charge in [-0.1, -0.05) is 36.4 Å². The molecule has 12 heteroatoms. The highest BCUT2D eigenvalue weighted by Crippen LogP contribution is 2.32. The topological polar surface area (TPSA) is 135 Å². The van der Waals surface area contributed by atoms with Crippen molar-refractivity contribution in [1.29, 1.82) is 0 Å². The monoisotopic (exact) mass is 543 g/mol. The molecule has 39 heavy (non-hydrogen) atoms. The van der Waals surface area contributed by atoms with Gasteiger partial charge in [0.05, 0.1) is 30.7 Å². The Bertz CT molecular complexity index is 1610. The first-order chi connectivity index (χ1) is 19.0. The minimum atomic E-state index is -2.48. The molecule has 0 saturated heterocycles. The lowest BCUT2D eigenvalue weighted by Gasteiger charge is -2.19. The molecule has 0 spiro atoms. The third kappa shape index (κ3) is 5.92. The molecule has 198 valence electrons. The Hall–Kier alpha value is -4.68. The van der Waals surface area contributed by atoms with E-state index in [9.17, 15) is 13.6 Å². The number of carbonyl (C=O) groups excluding carboxylic acids is 1. The molecule has 0 radical (unpaired) electrons. The van der Waals surface area contributed by atoms with Crippen LogP contribution in [0.3, 0.4) is 0 Å². The van der Waals surface area contributed by atoms with Gasteiger partial charge in [-0.2, -0.15) is 0 Å². The van der Waals surface area contributed by atoms with Gasteiger partial charge in [0.1, 0.15) is 12.1 Å². The number of carbonyl (C=O) groups is 1. The van der Waals surface area contributed by atoms with Gasteiger partial charge in [-0.3, -0.25) is 23.6 Å². The minimum absolute atomic E-state index is 0.160. The van der Waals surface area contributed by atoms with E-state index in [1.54, 1.807) is 29.9 Å². The molecular weight excluding hydrogens is 518 g/mol. The zero-order chi connectivity index (χ0) is 27.2. The SMILES string of the molecule is CCOC(=O)CN(c1cncc(-c2nc(NCc3ccccn3)c3c(-c4ccccc4)ccn3n2)c1)S(=O)O. The van der Waals surface area contributed by atoms with E-state index >= 15 is 0 Å². The van der Waals surface area contributed by atoms with E-state index in [1.165, 1.54) is 6.20 Å².